The number of pyridine rings is 1. The van der Waals surface area contributed by atoms with Crippen LogP contribution >= 0.6 is 0 Å². The monoisotopic (exact) mass is 603 g/mol. The third-order valence-electron chi connectivity index (χ3n) is 8.13. The molecule has 230 valence electrons. The summed E-state index contributed by atoms with van der Waals surface area (Å²) in [4.78, 5) is 17.2. The molecule has 0 unspecified atom stereocenters. The average Bonchev–Trinajstić information content (AvgIpc) is 3.67. The Kier molecular flexibility index (Phi) is 7.37. The maximum Gasteiger partial charge on any atom is 0.414 e. The van der Waals surface area contributed by atoms with Gasteiger partial charge in [-0.3, -0.25) is 4.79 Å². The van der Waals surface area contributed by atoms with Crippen molar-refractivity contribution in [3.05, 3.63) is 70.7 Å². The van der Waals surface area contributed by atoms with Crippen molar-refractivity contribution in [2.24, 2.45) is 16.9 Å². The number of benzene rings is 2. The summed E-state index contributed by atoms with van der Waals surface area (Å²) in [6.07, 6.45) is -3.61. The largest absolute Gasteiger partial charge is 0.493 e. The van der Waals surface area contributed by atoms with Gasteiger partial charge >= 0.3 is 6.18 Å². The molecule has 1 aliphatic heterocycles. The van der Waals surface area contributed by atoms with Gasteiger partial charge in [0.25, 0.3) is 0 Å². The van der Waals surface area contributed by atoms with E-state index in [1.165, 1.54) is 25.3 Å². The highest BCUT2D eigenvalue weighted by molar-refractivity contribution is 5.95. The first-order valence-corrected chi connectivity index (χ1v) is 13.7. The number of primary amides is 1. The van der Waals surface area contributed by atoms with E-state index in [-0.39, 0.29) is 52.1 Å². The van der Waals surface area contributed by atoms with E-state index in [4.69, 9.17) is 25.7 Å². The van der Waals surface area contributed by atoms with Crippen molar-refractivity contribution < 1.29 is 41.7 Å². The first kappa shape index (κ1) is 30.6. The number of alkyl halides is 3. The van der Waals surface area contributed by atoms with Crippen molar-refractivity contribution in [2.75, 3.05) is 13.7 Å². The van der Waals surface area contributed by atoms with Gasteiger partial charge in [-0.2, -0.15) is 13.2 Å². The number of carbonyl (C=O) groups excluding carboxylic acids is 1. The Balaban J connectivity index is 1.77. The fraction of sp³-hybridized carbons (Fsp3) is 0.419. The van der Waals surface area contributed by atoms with Gasteiger partial charge in [0.05, 0.1) is 18.9 Å². The Morgan fingerprint density at radius 3 is 2.33 bits per heavy atom. The SMILES string of the molecule is COc1c(OC2CC2)ccc(C(N)=O)c1C[C@@](O)(c1cc2c(c(-c3ccc(F)cc3)n1)OC[C@@]2(N)C(F)(F)F)C(C)(C)C. The molecular weight excluding hydrogens is 570 g/mol. The van der Waals surface area contributed by atoms with Gasteiger partial charge in [0, 0.05) is 28.7 Å². The first-order chi connectivity index (χ1) is 20.0. The summed E-state index contributed by atoms with van der Waals surface area (Å²) in [6, 6.07) is 9.07. The van der Waals surface area contributed by atoms with Crippen LogP contribution in [-0.4, -0.2) is 42.0 Å². The average molecular weight is 604 g/mol. The van der Waals surface area contributed by atoms with Gasteiger partial charge in [-0.15, -0.1) is 0 Å². The number of ether oxygens (including phenoxy) is 3. The minimum atomic E-state index is -4.92. The topological polar surface area (TPSA) is 130 Å². The Bertz CT molecular complexity index is 1570. The lowest BCUT2D eigenvalue weighted by molar-refractivity contribution is -0.191. The van der Waals surface area contributed by atoms with Crippen LogP contribution in [0, 0.1) is 11.2 Å². The van der Waals surface area contributed by atoms with Crippen LogP contribution < -0.4 is 25.7 Å². The normalized spacial score (nSPS) is 19.8. The predicted molar refractivity (Wildman–Crippen MR) is 149 cm³/mol. The fourth-order valence-corrected chi connectivity index (χ4v) is 5.21. The molecule has 5 rings (SSSR count). The summed E-state index contributed by atoms with van der Waals surface area (Å²) in [7, 11) is 1.38. The highest BCUT2D eigenvalue weighted by atomic mass is 19.4. The molecule has 0 radical (unpaired) electrons. The van der Waals surface area contributed by atoms with Crippen LogP contribution in [0.15, 0.2) is 42.5 Å². The number of nitrogens with zero attached hydrogens (tertiary/aromatic N) is 1. The van der Waals surface area contributed by atoms with Crippen molar-refractivity contribution in [3.63, 3.8) is 0 Å². The standard InChI is InChI=1S/C31H33F4N3O5/c1-28(2,3)30(40,14-20-19(27(36)39)11-12-22(25(20)41-4)43-18-9-10-18)23-13-21-26(42-15-29(21,37)31(33,34)35)24(38-23)16-5-7-17(32)8-6-16/h5-8,11-13,18,40H,9-10,14-15,37H2,1-4H3,(H2,36,39)/t29-,30+/m0/s1. The van der Waals surface area contributed by atoms with Gasteiger partial charge in [0.2, 0.25) is 5.91 Å². The Hall–Kier alpha value is -3.90. The Morgan fingerprint density at radius 1 is 1.14 bits per heavy atom. The van der Waals surface area contributed by atoms with Crippen LogP contribution in [0.4, 0.5) is 17.6 Å². The Morgan fingerprint density at radius 2 is 1.79 bits per heavy atom. The molecule has 2 aromatic carbocycles. The van der Waals surface area contributed by atoms with Crippen LogP contribution in [0.2, 0.25) is 0 Å². The quantitative estimate of drug-likeness (QED) is 0.305. The fourth-order valence-electron chi connectivity index (χ4n) is 5.21. The smallest absolute Gasteiger partial charge is 0.414 e. The van der Waals surface area contributed by atoms with Crippen LogP contribution in [-0.2, 0) is 17.6 Å². The number of halogens is 4. The number of amides is 1. The van der Waals surface area contributed by atoms with Crippen molar-refractivity contribution in [1.82, 2.24) is 4.98 Å². The predicted octanol–water partition coefficient (Wildman–Crippen LogP) is 5.12. The van der Waals surface area contributed by atoms with E-state index in [0.717, 1.165) is 31.0 Å². The number of fused-ring (bicyclic) bond motifs is 1. The summed E-state index contributed by atoms with van der Waals surface area (Å²) in [5.41, 5.74) is 5.44. The number of nitrogens with two attached hydrogens (primary N) is 2. The molecule has 0 saturated heterocycles. The summed E-state index contributed by atoms with van der Waals surface area (Å²) >= 11 is 0. The lowest BCUT2D eigenvalue weighted by Gasteiger charge is -2.41. The third kappa shape index (κ3) is 5.27. The molecule has 0 bridgehead atoms. The second kappa shape index (κ2) is 10.4. The summed E-state index contributed by atoms with van der Waals surface area (Å²) in [6.45, 7) is 4.11. The van der Waals surface area contributed by atoms with Crippen LogP contribution in [0.3, 0.4) is 0 Å². The zero-order chi connectivity index (χ0) is 31.5. The van der Waals surface area contributed by atoms with Gasteiger partial charge in [0.1, 0.15) is 23.7 Å². The number of aromatic nitrogens is 1. The van der Waals surface area contributed by atoms with Crippen molar-refractivity contribution >= 4 is 5.91 Å². The van der Waals surface area contributed by atoms with Gasteiger partial charge in [-0.05, 0) is 60.7 Å². The van der Waals surface area contributed by atoms with E-state index < -0.39 is 46.6 Å². The number of methoxy groups -OCH3 is 1. The number of carbonyl (C=O) groups is 1. The van der Waals surface area contributed by atoms with Crippen molar-refractivity contribution in [2.45, 2.75) is 63.5 Å². The second-order valence-electron chi connectivity index (χ2n) is 12.1. The van der Waals surface area contributed by atoms with Gasteiger partial charge in [-0.1, -0.05) is 20.8 Å². The van der Waals surface area contributed by atoms with Gasteiger partial charge in [-0.25, -0.2) is 9.37 Å². The maximum absolute atomic E-state index is 14.4. The molecule has 0 spiro atoms. The third-order valence-corrected chi connectivity index (χ3v) is 8.13. The highest BCUT2D eigenvalue weighted by Gasteiger charge is 2.59. The summed E-state index contributed by atoms with van der Waals surface area (Å²) in [5.74, 6) is -1.09. The molecule has 2 aliphatic rings. The lowest BCUT2D eigenvalue weighted by Crippen LogP contribution is -2.52. The minimum Gasteiger partial charge on any atom is -0.493 e. The zero-order valence-electron chi connectivity index (χ0n) is 24.1. The molecule has 1 amide bonds. The molecule has 5 N–H and O–H groups in total. The Labute approximate surface area is 246 Å². The summed E-state index contributed by atoms with van der Waals surface area (Å²) in [5, 5.41) is 12.6. The van der Waals surface area contributed by atoms with Crippen molar-refractivity contribution in [3.8, 4) is 28.5 Å². The van der Waals surface area contributed by atoms with E-state index in [1.54, 1.807) is 26.8 Å². The van der Waals surface area contributed by atoms with Gasteiger partial charge < -0.3 is 30.8 Å². The molecule has 3 aromatic rings. The van der Waals surface area contributed by atoms with Gasteiger partial charge in [0.15, 0.2) is 22.8 Å². The van der Waals surface area contributed by atoms with Crippen LogP contribution in [0.5, 0.6) is 17.2 Å². The molecule has 1 aromatic heterocycles. The zero-order valence-corrected chi connectivity index (χ0v) is 24.1. The van der Waals surface area contributed by atoms with Crippen LogP contribution in [0.1, 0.15) is 60.8 Å². The molecule has 8 nitrogen and oxygen atoms in total. The van der Waals surface area contributed by atoms with E-state index in [0.29, 0.717) is 5.75 Å². The molecular formula is C31H33F4N3O5. The maximum atomic E-state index is 14.4. The molecule has 2 atom stereocenters. The van der Waals surface area contributed by atoms with E-state index in [1.807, 2.05) is 0 Å². The molecule has 1 fully saturated rings. The van der Waals surface area contributed by atoms with E-state index in [9.17, 15) is 27.5 Å². The van der Waals surface area contributed by atoms with E-state index in [2.05, 4.69) is 4.98 Å². The second-order valence-corrected chi connectivity index (χ2v) is 12.1. The lowest BCUT2D eigenvalue weighted by atomic mass is 9.69. The number of hydrogen-bond acceptors (Lipinski definition) is 7. The molecule has 12 heteroatoms. The summed E-state index contributed by atoms with van der Waals surface area (Å²) < 4.78 is 74.1. The van der Waals surface area contributed by atoms with Crippen molar-refractivity contribution in [1.29, 1.82) is 0 Å². The highest BCUT2D eigenvalue weighted by Crippen LogP contribution is 2.52. The first-order valence-electron chi connectivity index (χ1n) is 13.7. The number of hydrogen-bond donors (Lipinski definition) is 3. The molecule has 1 aliphatic carbocycles. The van der Waals surface area contributed by atoms with E-state index >= 15 is 0 Å². The number of rotatable bonds is 8. The number of aliphatic hydroxyl groups is 1. The van der Waals surface area contributed by atoms with Crippen LogP contribution in [0.25, 0.3) is 11.3 Å². The molecule has 1 saturated carbocycles. The molecule has 2 heterocycles. The minimum absolute atomic E-state index is 0.0284. The molecule has 43 heavy (non-hydrogen) atoms.